The standard InChI is InChI=1S/C16H28N4O2S/c1-15-7-6-10-19(13-15)23(21,22)20(12-11-18(2)3)14-16-8-4-5-9-17-16/h4-5,8-9,15H,6-7,10-14H2,1-3H3/t15-/m0/s1. The summed E-state index contributed by atoms with van der Waals surface area (Å²) in [5.74, 6) is 0.420. The molecular weight excluding hydrogens is 312 g/mol. The summed E-state index contributed by atoms with van der Waals surface area (Å²) in [5.41, 5.74) is 0.778. The number of aromatic nitrogens is 1. The van der Waals surface area contributed by atoms with Crippen molar-refractivity contribution in [2.75, 3.05) is 40.3 Å². The molecule has 0 unspecified atom stereocenters. The minimum atomic E-state index is -3.45. The van der Waals surface area contributed by atoms with Gasteiger partial charge in [0.15, 0.2) is 0 Å². The quantitative estimate of drug-likeness (QED) is 0.753. The third kappa shape index (κ3) is 5.24. The van der Waals surface area contributed by atoms with E-state index in [1.807, 2.05) is 37.2 Å². The van der Waals surface area contributed by atoms with Gasteiger partial charge in [-0.3, -0.25) is 4.98 Å². The molecule has 7 heteroatoms. The van der Waals surface area contributed by atoms with Gasteiger partial charge in [-0.15, -0.1) is 0 Å². The number of pyridine rings is 1. The zero-order valence-corrected chi connectivity index (χ0v) is 15.2. The van der Waals surface area contributed by atoms with Crippen molar-refractivity contribution in [3.63, 3.8) is 0 Å². The molecule has 0 spiro atoms. The number of nitrogens with zero attached hydrogens (tertiary/aromatic N) is 4. The van der Waals surface area contributed by atoms with E-state index in [9.17, 15) is 8.42 Å². The summed E-state index contributed by atoms with van der Waals surface area (Å²) in [5, 5.41) is 0. The molecule has 2 heterocycles. The molecule has 130 valence electrons. The van der Waals surface area contributed by atoms with Gasteiger partial charge in [-0.1, -0.05) is 13.0 Å². The lowest BCUT2D eigenvalue weighted by Crippen LogP contribution is -2.48. The number of likely N-dealkylation sites (N-methyl/N-ethyl adjacent to an activating group) is 1. The molecule has 0 bridgehead atoms. The summed E-state index contributed by atoms with van der Waals surface area (Å²) in [6.07, 6.45) is 3.74. The van der Waals surface area contributed by atoms with Crippen LogP contribution in [-0.4, -0.2) is 67.2 Å². The van der Waals surface area contributed by atoms with Crippen molar-refractivity contribution in [3.8, 4) is 0 Å². The Labute approximate surface area is 140 Å². The van der Waals surface area contributed by atoms with Crippen molar-refractivity contribution in [3.05, 3.63) is 30.1 Å². The Bertz CT molecular complexity index is 577. The van der Waals surface area contributed by atoms with Crippen LogP contribution in [0.1, 0.15) is 25.5 Å². The highest BCUT2D eigenvalue weighted by molar-refractivity contribution is 7.86. The molecule has 1 saturated heterocycles. The highest BCUT2D eigenvalue weighted by Gasteiger charge is 2.32. The molecule has 23 heavy (non-hydrogen) atoms. The molecule has 1 aliphatic heterocycles. The Morgan fingerprint density at radius 2 is 2.09 bits per heavy atom. The predicted molar refractivity (Wildman–Crippen MR) is 92.1 cm³/mol. The second-order valence-electron chi connectivity index (χ2n) is 6.57. The molecule has 0 aromatic carbocycles. The number of hydrogen-bond acceptors (Lipinski definition) is 4. The maximum absolute atomic E-state index is 13.1. The van der Waals surface area contributed by atoms with E-state index in [1.165, 1.54) is 0 Å². The summed E-state index contributed by atoms with van der Waals surface area (Å²) < 4.78 is 29.3. The predicted octanol–water partition coefficient (Wildman–Crippen LogP) is 1.42. The van der Waals surface area contributed by atoms with Crippen molar-refractivity contribution in [1.82, 2.24) is 18.5 Å². The fourth-order valence-corrected chi connectivity index (χ4v) is 4.52. The first-order chi connectivity index (χ1) is 10.9. The van der Waals surface area contributed by atoms with Crippen LogP contribution in [0.4, 0.5) is 0 Å². The molecule has 1 aromatic rings. The summed E-state index contributed by atoms with van der Waals surface area (Å²) in [6, 6.07) is 5.60. The maximum Gasteiger partial charge on any atom is 0.282 e. The molecule has 2 rings (SSSR count). The summed E-state index contributed by atoms with van der Waals surface area (Å²) in [6.45, 7) is 4.83. The molecule has 1 atom stereocenters. The minimum absolute atomic E-state index is 0.321. The summed E-state index contributed by atoms with van der Waals surface area (Å²) in [7, 11) is 0.455. The lowest BCUT2D eigenvalue weighted by atomic mass is 10.0. The van der Waals surface area contributed by atoms with E-state index in [0.717, 1.165) is 18.5 Å². The van der Waals surface area contributed by atoms with Crippen LogP contribution in [-0.2, 0) is 16.8 Å². The largest absolute Gasteiger partial charge is 0.308 e. The van der Waals surface area contributed by atoms with Crippen molar-refractivity contribution >= 4 is 10.2 Å². The molecule has 1 aromatic heterocycles. The van der Waals surface area contributed by atoms with E-state index < -0.39 is 10.2 Å². The Balaban J connectivity index is 2.17. The highest BCUT2D eigenvalue weighted by atomic mass is 32.2. The van der Waals surface area contributed by atoms with Gasteiger partial charge < -0.3 is 4.90 Å². The van der Waals surface area contributed by atoms with Crippen LogP contribution in [0, 0.1) is 5.92 Å². The normalized spacial score (nSPS) is 20.3. The van der Waals surface area contributed by atoms with Gasteiger partial charge in [-0.2, -0.15) is 17.0 Å². The van der Waals surface area contributed by atoms with Gasteiger partial charge in [0.05, 0.1) is 12.2 Å². The van der Waals surface area contributed by atoms with E-state index >= 15 is 0 Å². The topological polar surface area (TPSA) is 56.8 Å². The second-order valence-corrected chi connectivity index (χ2v) is 8.50. The van der Waals surface area contributed by atoms with Gasteiger partial charge >= 0.3 is 0 Å². The molecule has 1 fully saturated rings. The number of hydrogen-bond donors (Lipinski definition) is 0. The van der Waals surface area contributed by atoms with Gasteiger partial charge in [-0.05, 0) is 45.0 Å². The van der Waals surface area contributed by atoms with E-state index in [-0.39, 0.29) is 0 Å². The SMILES string of the molecule is C[C@H]1CCCN(S(=O)(=O)N(CCN(C)C)Cc2ccccn2)C1. The third-order valence-electron chi connectivity index (χ3n) is 4.13. The number of rotatable bonds is 7. The Morgan fingerprint density at radius 3 is 2.70 bits per heavy atom. The molecule has 1 aliphatic rings. The van der Waals surface area contributed by atoms with Crippen molar-refractivity contribution < 1.29 is 8.42 Å². The van der Waals surface area contributed by atoms with Crippen LogP contribution < -0.4 is 0 Å². The smallest absolute Gasteiger partial charge is 0.282 e. The minimum Gasteiger partial charge on any atom is -0.308 e. The van der Waals surface area contributed by atoms with Gasteiger partial charge in [0.1, 0.15) is 0 Å². The van der Waals surface area contributed by atoms with Crippen LogP contribution in [0.3, 0.4) is 0 Å². The summed E-state index contributed by atoms with van der Waals surface area (Å²) in [4.78, 5) is 6.28. The maximum atomic E-state index is 13.1. The van der Waals surface area contributed by atoms with Crippen LogP contribution in [0.2, 0.25) is 0 Å². The van der Waals surface area contributed by atoms with Crippen LogP contribution in [0.25, 0.3) is 0 Å². The third-order valence-corrected chi connectivity index (χ3v) is 6.08. The molecule has 0 radical (unpaired) electrons. The molecule has 0 aliphatic carbocycles. The van der Waals surface area contributed by atoms with Crippen molar-refractivity contribution in [2.24, 2.45) is 5.92 Å². The Morgan fingerprint density at radius 1 is 1.30 bits per heavy atom. The van der Waals surface area contributed by atoms with E-state index in [1.54, 1.807) is 14.8 Å². The highest BCUT2D eigenvalue weighted by Crippen LogP contribution is 2.21. The molecule has 0 N–H and O–H groups in total. The molecular formula is C16H28N4O2S. The first-order valence-corrected chi connectivity index (χ1v) is 9.59. The van der Waals surface area contributed by atoms with E-state index in [0.29, 0.717) is 38.6 Å². The van der Waals surface area contributed by atoms with Crippen LogP contribution >= 0.6 is 0 Å². The Hall–Kier alpha value is -1.02. The number of piperidine rings is 1. The lowest BCUT2D eigenvalue weighted by Gasteiger charge is -2.34. The lowest BCUT2D eigenvalue weighted by molar-refractivity contribution is 0.248. The van der Waals surface area contributed by atoms with Gasteiger partial charge in [-0.25, -0.2) is 0 Å². The first-order valence-electron chi connectivity index (χ1n) is 8.19. The zero-order chi connectivity index (χ0) is 16.9. The zero-order valence-electron chi connectivity index (χ0n) is 14.4. The van der Waals surface area contributed by atoms with Gasteiger partial charge in [0, 0.05) is 32.4 Å². The van der Waals surface area contributed by atoms with Crippen LogP contribution in [0.15, 0.2) is 24.4 Å². The molecule has 0 saturated carbocycles. The van der Waals surface area contributed by atoms with Crippen LogP contribution in [0.5, 0.6) is 0 Å². The monoisotopic (exact) mass is 340 g/mol. The van der Waals surface area contributed by atoms with Crippen molar-refractivity contribution in [2.45, 2.75) is 26.3 Å². The van der Waals surface area contributed by atoms with E-state index in [2.05, 4.69) is 11.9 Å². The fourth-order valence-electron chi connectivity index (χ4n) is 2.78. The fraction of sp³-hybridized carbons (Fsp3) is 0.688. The Kier molecular flexibility index (Phi) is 6.52. The first kappa shape index (κ1) is 18.3. The average molecular weight is 340 g/mol. The van der Waals surface area contributed by atoms with Gasteiger partial charge in [0.2, 0.25) is 0 Å². The van der Waals surface area contributed by atoms with E-state index in [4.69, 9.17) is 0 Å². The average Bonchev–Trinajstić information content (AvgIpc) is 2.52. The second kappa shape index (κ2) is 8.19. The van der Waals surface area contributed by atoms with Gasteiger partial charge in [0.25, 0.3) is 10.2 Å². The summed E-state index contributed by atoms with van der Waals surface area (Å²) >= 11 is 0. The molecule has 6 nitrogen and oxygen atoms in total. The molecule has 0 amide bonds. The van der Waals surface area contributed by atoms with Crippen molar-refractivity contribution in [1.29, 1.82) is 0 Å².